The van der Waals surface area contributed by atoms with Crippen molar-refractivity contribution in [2.45, 2.75) is 52.1 Å². The number of hydrogen-bond acceptors (Lipinski definition) is 3. The third-order valence-electron chi connectivity index (χ3n) is 2.64. The van der Waals surface area contributed by atoms with Crippen LogP contribution in [-0.2, 0) is 6.42 Å². The number of nitrogens with one attached hydrogen (secondary N) is 2. The Bertz CT molecular complexity index is 298. The zero-order chi connectivity index (χ0) is 12.0. The molecule has 0 aliphatic carbocycles. The first kappa shape index (κ1) is 13.2. The minimum absolute atomic E-state index is 0.277. The highest BCUT2D eigenvalue weighted by Gasteiger charge is 2.09. The summed E-state index contributed by atoms with van der Waals surface area (Å²) in [6.07, 6.45) is 2.82. The Hall–Kier alpha value is -0.870. The number of aryl methyl sites for hydroxylation is 1. The van der Waals surface area contributed by atoms with Gasteiger partial charge in [0.05, 0.1) is 5.69 Å². The topological polar surface area (TPSA) is 60.9 Å². The number of aromatic nitrogens is 2. The van der Waals surface area contributed by atoms with Crippen LogP contribution in [0, 0.1) is 6.92 Å². The Morgan fingerprint density at radius 3 is 2.75 bits per heavy atom. The van der Waals surface area contributed by atoms with E-state index in [1.165, 1.54) is 0 Å². The molecule has 1 heterocycles. The maximum atomic E-state index is 8.75. The quantitative estimate of drug-likeness (QED) is 0.657. The molecule has 0 amide bonds. The van der Waals surface area contributed by atoms with Crippen LogP contribution in [0.2, 0.25) is 0 Å². The molecule has 1 aromatic rings. The molecule has 2 unspecified atom stereocenters. The van der Waals surface area contributed by atoms with Crippen molar-refractivity contribution in [3.8, 4) is 0 Å². The minimum Gasteiger partial charge on any atom is -0.396 e. The fraction of sp³-hybridized carbons (Fsp3) is 0.750. The first-order valence-electron chi connectivity index (χ1n) is 5.99. The largest absolute Gasteiger partial charge is 0.396 e. The molecule has 16 heavy (non-hydrogen) atoms. The lowest BCUT2D eigenvalue weighted by molar-refractivity contribution is 0.274. The van der Waals surface area contributed by atoms with Gasteiger partial charge in [0.2, 0.25) is 0 Å². The van der Waals surface area contributed by atoms with Crippen LogP contribution in [-0.4, -0.2) is 34.0 Å². The summed E-state index contributed by atoms with van der Waals surface area (Å²) >= 11 is 0. The highest BCUT2D eigenvalue weighted by atomic mass is 16.2. The third-order valence-corrected chi connectivity index (χ3v) is 2.64. The number of aliphatic hydroxyl groups is 1. The summed E-state index contributed by atoms with van der Waals surface area (Å²) < 4.78 is 0. The van der Waals surface area contributed by atoms with Crippen molar-refractivity contribution in [1.29, 1.82) is 0 Å². The fourth-order valence-corrected chi connectivity index (χ4v) is 1.92. The van der Waals surface area contributed by atoms with E-state index >= 15 is 0 Å². The molecular formula is C12H23N3O. The fourth-order valence-electron chi connectivity index (χ4n) is 1.92. The van der Waals surface area contributed by atoms with Crippen molar-refractivity contribution in [2.24, 2.45) is 0 Å². The number of rotatable bonds is 7. The summed E-state index contributed by atoms with van der Waals surface area (Å²) in [5.74, 6) is 0. The molecular weight excluding hydrogens is 202 g/mol. The van der Waals surface area contributed by atoms with E-state index in [0.717, 1.165) is 30.7 Å². The Morgan fingerprint density at radius 2 is 2.19 bits per heavy atom. The van der Waals surface area contributed by atoms with Gasteiger partial charge in [-0.05, 0) is 39.7 Å². The molecule has 0 saturated heterocycles. The van der Waals surface area contributed by atoms with Gasteiger partial charge in [0.25, 0.3) is 0 Å². The molecule has 3 N–H and O–H groups in total. The molecule has 2 atom stereocenters. The average molecular weight is 225 g/mol. The first-order chi connectivity index (χ1) is 7.61. The van der Waals surface area contributed by atoms with Crippen LogP contribution >= 0.6 is 0 Å². The van der Waals surface area contributed by atoms with Gasteiger partial charge < -0.3 is 10.4 Å². The van der Waals surface area contributed by atoms with Crippen molar-refractivity contribution in [2.75, 3.05) is 6.61 Å². The second-order valence-corrected chi connectivity index (χ2v) is 4.58. The molecule has 0 bridgehead atoms. The second kappa shape index (κ2) is 6.66. The van der Waals surface area contributed by atoms with E-state index in [1.54, 1.807) is 0 Å². The second-order valence-electron chi connectivity index (χ2n) is 4.58. The van der Waals surface area contributed by atoms with E-state index in [-0.39, 0.29) is 6.61 Å². The normalized spacial score (nSPS) is 15.0. The molecule has 0 saturated carbocycles. The lowest BCUT2D eigenvalue weighted by atomic mass is 10.1. The Labute approximate surface area is 97.5 Å². The van der Waals surface area contributed by atoms with E-state index in [9.17, 15) is 0 Å². The summed E-state index contributed by atoms with van der Waals surface area (Å²) in [5, 5.41) is 19.4. The highest BCUT2D eigenvalue weighted by Crippen LogP contribution is 2.04. The van der Waals surface area contributed by atoms with Gasteiger partial charge in [0.15, 0.2) is 0 Å². The van der Waals surface area contributed by atoms with Crippen LogP contribution in [0.15, 0.2) is 6.07 Å². The molecule has 0 aliphatic rings. The lowest BCUT2D eigenvalue weighted by Crippen LogP contribution is -2.36. The number of nitrogens with zero attached hydrogens (tertiary/aromatic N) is 1. The molecule has 0 spiro atoms. The Balaban J connectivity index is 2.27. The van der Waals surface area contributed by atoms with E-state index in [1.807, 2.05) is 6.92 Å². The van der Waals surface area contributed by atoms with Gasteiger partial charge in [0.1, 0.15) is 0 Å². The molecule has 0 aliphatic heterocycles. The van der Waals surface area contributed by atoms with Gasteiger partial charge in [0, 0.05) is 30.8 Å². The van der Waals surface area contributed by atoms with Crippen LogP contribution in [0.4, 0.5) is 0 Å². The molecule has 1 aromatic heterocycles. The Morgan fingerprint density at radius 1 is 1.44 bits per heavy atom. The monoisotopic (exact) mass is 225 g/mol. The van der Waals surface area contributed by atoms with Crippen molar-refractivity contribution >= 4 is 0 Å². The molecule has 0 fully saturated rings. The van der Waals surface area contributed by atoms with Crippen molar-refractivity contribution < 1.29 is 5.11 Å². The number of aliphatic hydroxyl groups excluding tert-OH is 1. The van der Waals surface area contributed by atoms with Gasteiger partial charge in [-0.1, -0.05) is 0 Å². The molecule has 0 aromatic carbocycles. The smallest absolute Gasteiger partial charge is 0.0640 e. The highest BCUT2D eigenvalue weighted by molar-refractivity contribution is 5.07. The summed E-state index contributed by atoms with van der Waals surface area (Å²) in [7, 11) is 0. The lowest BCUT2D eigenvalue weighted by Gasteiger charge is -2.18. The van der Waals surface area contributed by atoms with Gasteiger partial charge in [-0.15, -0.1) is 0 Å². The number of aromatic amines is 1. The summed E-state index contributed by atoms with van der Waals surface area (Å²) in [6.45, 7) is 6.61. The molecule has 0 radical (unpaired) electrons. The maximum absolute atomic E-state index is 8.75. The van der Waals surface area contributed by atoms with E-state index in [4.69, 9.17) is 5.11 Å². The molecule has 4 heteroatoms. The average Bonchev–Trinajstić information content (AvgIpc) is 2.60. The standard InChI is InChI=1S/C12H23N3O/c1-9(5-4-6-16)13-10(2)7-12-8-11(3)14-15-12/h8-10,13,16H,4-7H2,1-3H3,(H,14,15). The summed E-state index contributed by atoms with van der Waals surface area (Å²) in [6, 6.07) is 2.94. The predicted octanol–water partition coefficient (Wildman–Crippen LogP) is 1.40. The SMILES string of the molecule is Cc1cc(CC(C)NC(C)CCCO)n[nH]1. The number of hydrogen-bond donors (Lipinski definition) is 3. The summed E-state index contributed by atoms with van der Waals surface area (Å²) in [5.41, 5.74) is 2.21. The molecule has 1 rings (SSSR count). The summed E-state index contributed by atoms with van der Waals surface area (Å²) in [4.78, 5) is 0. The van der Waals surface area contributed by atoms with Crippen LogP contribution in [0.3, 0.4) is 0 Å². The number of H-pyrrole nitrogens is 1. The van der Waals surface area contributed by atoms with E-state index in [2.05, 4.69) is 35.4 Å². The molecule has 92 valence electrons. The van der Waals surface area contributed by atoms with Gasteiger partial charge in [-0.25, -0.2) is 0 Å². The predicted molar refractivity (Wildman–Crippen MR) is 65.4 cm³/mol. The minimum atomic E-state index is 0.277. The van der Waals surface area contributed by atoms with Gasteiger partial charge in [-0.2, -0.15) is 5.10 Å². The zero-order valence-corrected chi connectivity index (χ0v) is 10.5. The Kier molecular flexibility index (Phi) is 5.49. The van der Waals surface area contributed by atoms with Gasteiger partial charge >= 0.3 is 0 Å². The first-order valence-corrected chi connectivity index (χ1v) is 5.99. The third kappa shape index (κ3) is 4.77. The van der Waals surface area contributed by atoms with Gasteiger partial charge in [-0.3, -0.25) is 5.10 Å². The molecule has 4 nitrogen and oxygen atoms in total. The van der Waals surface area contributed by atoms with Crippen LogP contribution in [0.25, 0.3) is 0 Å². The van der Waals surface area contributed by atoms with Crippen molar-refractivity contribution in [1.82, 2.24) is 15.5 Å². The van der Waals surface area contributed by atoms with Crippen molar-refractivity contribution in [3.63, 3.8) is 0 Å². The zero-order valence-electron chi connectivity index (χ0n) is 10.5. The van der Waals surface area contributed by atoms with E-state index in [0.29, 0.717) is 12.1 Å². The van der Waals surface area contributed by atoms with Crippen LogP contribution in [0.5, 0.6) is 0 Å². The maximum Gasteiger partial charge on any atom is 0.0640 e. The van der Waals surface area contributed by atoms with E-state index < -0.39 is 0 Å². The van der Waals surface area contributed by atoms with Crippen molar-refractivity contribution in [3.05, 3.63) is 17.5 Å². The van der Waals surface area contributed by atoms with Crippen LogP contribution in [0.1, 0.15) is 38.1 Å². The van der Waals surface area contributed by atoms with Crippen LogP contribution < -0.4 is 5.32 Å².